The summed E-state index contributed by atoms with van der Waals surface area (Å²) in [5.41, 5.74) is 1.66. The normalized spacial score (nSPS) is 11.1. The summed E-state index contributed by atoms with van der Waals surface area (Å²) in [6.07, 6.45) is 0.339. The summed E-state index contributed by atoms with van der Waals surface area (Å²) in [4.78, 5) is 15.5. The van der Waals surface area contributed by atoms with Crippen molar-refractivity contribution in [3.8, 4) is 0 Å². The van der Waals surface area contributed by atoms with Crippen LogP contribution in [0.15, 0.2) is 35.5 Å². The molecule has 1 aromatic rings. The van der Waals surface area contributed by atoms with Gasteiger partial charge in [0.25, 0.3) is 0 Å². The number of oxime groups is 1. The van der Waals surface area contributed by atoms with Crippen molar-refractivity contribution in [3.63, 3.8) is 0 Å². The van der Waals surface area contributed by atoms with Crippen LogP contribution in [0.1, 0.15) is 25.8 Å². The molecule has 0 atom stereocenters. The van der Waals surface area contributed by atoms with Gasteiger partial charge in [-0.05, 0) is 12.5 Å². The average molecular weight is 191 g/mol. The fraction of sp³-hybridized carbons (Fsp3) is 0.273. The molecule has 74 valence electrons. The monoisotopic (exact) mass is 191 g/mol. The third kappa shape index (κ3) is 3.01. The van der Waals surface area contributed by atoms with Gasteiger partial charge in [-0.25, -0.2) is 4.79 Å². The van der Waals surface area contributed by atoms with Crippen molar-refractivity contribution >= 4 is 11.7 Å². The molecule has 1 rings (SSSR count). The van der Waals surface area contributed by atoms with Crippen LogP contribution in [0.3, 0.4) is 0 Å². The third-order valence-electron chi connectivity index (χ3n) is 1.76. The van der Waals surface area contributed by atoms with E-state index in [2.05, 4.69) is 9.99 Å². The maximum Gasteiger partial charge on any atom is 0.334 e. The van der Waals surface area contributed by atoms with Crippen LogP contribution >= 0.6 is 0 Å². The standard InChI is InChI=1S/C11H13NO2/c1-3-11(13)14-12-9(2)10-7-5-4-6-8-10/h4-8H,3H2,1-2H3/b12-9+. The molecule has 0 aliphatic carbocycles. The molecule has 0 radical (unpaired) electrons. The third-order valence-corrected chi connectivity index (χ3v) is 1.76. The molecule has 0 heterocycles. The Bertz CT molecular complexity index is 330. The first-order valence-electron chi connectivity index (χ1n) is 4.54. The zero-order valence-corrected chi connectivity index (χ0v) is 8.36. The number of rotatable bonds is 3. The maximum atomic E-state index is 10.8. The molecule has 0 aliphatic rings. The average Bonchev–Trinajstić information content (AvgIpc) is 2.26. The van der Waals surface area contributed by atoms with Crippen molar-refractivity contribution in [3.05, 3.63) is 35.9 Å². The van der Waals surface area contributed by atoms with E-state index in [1.165, 1.54) is 0 Å². The van der Waals surface area contributed by atoms with Crippen LogP contribution in [-0.4, -0.2) is 11.7 Å². The molecular weight excluding hydrogens is 178 g/mol. The lowest BCUT2D eigenvalue weighted by Crippen LogP contribution is -2.01. The van der Waals surface area contributed by atoms with Crippen molar-refractivity contribution in [2.45, 2.75) is 20.3 Å². The lowest BCUT2D eigenvalue weighted by molar-refractivity contribution is -0.143. The van der Waals surface area contributed by atoms with Gasteiger partial charge in [0.2, 0.25) is 0 Å². The second kappa shape index (κ2) is 5.17. The maximum absolute atomic E-state index is 10.8. The Morgan fingerprint density at radius 1 is 1.36 bits per heavy atom. The molecule has 0 saturated carbocycles. The van der Waals surface area contributed by atoms with Crippen molar-refractivity contribution in [2.24, 2.45) is 5.16 Å². The Kier molecular flexibility index (Phi) is 3.85. The minimum absolute atomic E-state index is 0.319. The highest BCUT2D eigenvalue weighted by Gasteiger charge is 1.99. The van der Waals surface area contributed by atoms with Gasteiger partial charge in [-0.1, -0.05) is 42.4 Å². The number of hydrogen-bond donors (Lipinski definition) is 0. The van der Waals surface area contributed by atoms with Crippen molar-refractivity contribution < 1.29 is 9.63 Å². The zero-order valence-electron chi connectivity index (χ0n) is 8.36. The van der Waals surface area contributed by atoms with E-state index >= 15 is 0 Å². The lowest BCUT2D eigenvalue weighted by atomic mass is 10.1. The highest BCUT2D eigenvalue weighted by Crippen LogP contribution is 2.01. The van der Waals surface area contributed by atoms with Gasteiger partial charge in [-0.3, -0.25) is 0 Å². The predicted octanol–water partition coefficient (Wildman–Crippen LogP) is 2.36. The minimum Gasteiger partial charge on any atom is -0.318 e. The Morgan fingerprint density at radius 2 is 2.00 bits per heavy atom. The van der Waals surface area contributed by atoms with Crippen LogP contribution in [0, 0.1) is 0 Å². The molecule has 0 amide bonds. The van der Waals surface area contributed by atoms with Crippen LogP contribution < -0.4 is 0 Å². The van der Waals surface area contributed by atoms with Crippen LogP contribution in [-0.2, 0) is 9.63 Å². The molecule has 0 saturated heterocycles. The summed E-state index contributed by atoms with van der Waals surface area (Å²) < 4.78 is 0. The van der Waals surface area contributed by atoms with E-state index in [1.807, 2.05) is 30.3 Å². The SMILES string of the molecule is CCC(=O)O/N=C(\C)c1ccccc1. The number of benzene rings is 1. The van der Waals surface area contributed by atoms with Gasteiger partial charge in [0.05, 0.1) is 5.71 Å². The fourth-order valence-electron chi connectivity index (χ4n) is 0.916. The first kappa shape index (κ1) is 10.4. The van der Waals surface area contributed by atoms with E-state index < -0.39 is 0 Å². The molecule has 1 aromatic carbocycles. The van der Waals surface area contributed by atoms with Crippen molar-refractivity contribution in [1.29, 1.82) is 0 Å². The van der Waals surface area contributed by atoms with E-state index in [0.717, 1.165) is 5.56 Å². The van der Waals surface area contributed by atoms with Crippen molar-refractivity contribution in [2.75, 3.05) is 0 Å². The first-order valence-corrected chi connectivity index (χ1v) is 4.54. The lowest BCUT2D eigenvalue weighted by Gasteiger charge is -1.99. The van der Waals surface area contributed by atoms with Crippen molar-refractivity contribution in [1.82, 2.24) is 0 Å². The van der Waals surface area contributed by atoms with E-state index in [9.17, 15) is 4.79 Å². The van der Waals surface area contributed by atoms with E-state index in [1.54, 1.807) is 13.8 Å². The largest absolute Gasteiger partial charge is 0.334 e. The van der Waals surface area contributed by atoms with Gasteiger partial charge in [-0.15, -0.1) is 0 Å². The van der Waals surface area contributed by atoms with Crippen LogP contribution in [0.5, 0.6) is 0 Å². The van der Waals surface area contributed by atoms with Gasteiger partial charge in [0.1, 0.15) is 0 Å². The van der Waals surface area contributed by atoms with Crippen LogP contribution in [0.25, 0.3) is 0 Å². The molecule has 3 nitrogen and oxygen atoms in total. The zero-order chi connectivity index (χ0) is 10.4. The first-order chi connectivity index (χ1) is 6.74. The number of hydrogen-bond acceptors (Lipinski definition) is 3. The van der Waals surface area contributed by atoms with Gasteiger partial charge >= 0.3 is 5.97 Å². The van der Waals surface area contributed by atoms with E-state index in [0.29, 0.717) is 12.1 Å². The number of carbonyl (C=O) groups excluding carboxylic acids is 1. The number of carbonyl (C=O) groups is 1. The molecule has 0 N–H and O–H groups in total. The topological polar surface area (TPSA) is 38.7 Å². The predicted molar refractivity (Wildman–Crippen MR) is 55.0 cm³/mol. The highest BCUT2D eigenvalue weighted by molar-refractivity contribution is 5.98. The number of nitrogens with zero attached hydrogens (tertiary/aromatic N) is 1. The molecule has 14 heavy (non-hydrogen) atoms. The van der Waals surface area contributed by atoms with Crippen LogP contribution in [0.4, 0.5) is 0 Å². The molecule has 0 aromatic heterocycles. The summed E-state index contributed by atoms with van der Waals surface area (Å²) in [7, 11) is 0. The molecule has 0 bridgehead atoms. The minimum atomic E-state index is -0.319. The van der Waals surface area contributed by atoms with E-state index in [-0.39, 0.29) is 5.97 Å². The van der Waals surface area contributed by atoms with Gasteiger partial charge in [0.15, 0.2) is 0 Å². The molecular formula is C11H13NO2. The summed E-state index contributed by atoms with van der Waals surface area (Å²) in [5.74, 6) is -0.319. The van der Waals surface area contributed by atoms with Gasteiger partial charge in [-0.2, -0.15) is 0 Å². The molecule has 0 fully saturated rings. The fourth-order valence-corrected chi connectivity index (χ4v) is 0.916. The highest BCUT2D eigenvalue weighted by atomic mass is 16.7. The summed E-state index contributed by atoms with van der Waals surface area (Å²) in [6, 6.07) is 9.58. The molecule has 3 heteroatoms. The summed E-state index contributed by atoms with van der Waals surface area (Å²) in [5, 5.41) is 3.73. The van der Waals surface area contributed by atoms with Gasteiger partial charge < -0.3 is 4.84 Å². The Balaban J connectivity index is 2.66. The Hall–Kier alpha value is -1.64. The Labute approximate surface area is 83.4 Å². The second-order valence-electron chi connectivity index (χ2n) is 2.86. The summed E-state index contributed by atoms with van der Waals surface area (Å²) >= 11 is 0. The van der Waals surface area contributed by atoms with Gasteiger partial charge in [0, 0.05) is 6.42 Å². The van der Waals surface area contributed by atoms with E-state index in [4.69, 9.17) is 0 Å². The smallest absolute Gasteiger partial charge is 0.318 e. The Morgan fingerprint density at radius 3 is 2.57 bits per heavy atom. The second-order valence-corrected chi connectivity index (χ2v) is 2.86. The quantitative estimate of drug-likeness (QED) is 0.418. The molecule has 0 aliphatic heterocycles. The molecule has 0 spiro atoms. The van der Waals surface area contributed by atoms with Crippen LogP contribution in [0.2, 0.25) is 0 Å². The molecule has 0 unspecified atom stereocenters. The summed E-state index contributed by atoms with van der Waals surface area (Å²) in [6.45, 7) is 3.54.